The van der Waals surface area contributed by atoms with Gasteiger partial charge in [0.05, 0.1) is 29.5 Å². The number of hydrogen-bond donors (Lipinski definition) is 1. The molecule has 1 aromatic heterocycles. The monoisotopic (exact) mass is 403 g/mol. The average Bonchev–Trinajstić information content (AvgIpc) is 3.44. The van der Waals surface area contributed by atoms with Crippen LogP contribution in [-0.2, 0) is 10.9 Å². The average molecular weight is 403 g/mol. The largest absolute Gasteiger partial charge is 0.465 e. The molecule has 2 aromatic carbocycles. The van der Waals surface area contributed by atoms with E-state index in [2.05, 4.69) is 15.5 Å². The Balaban J connectivity index is 1.68. The van der Waals surface area contributed by atoms with Crippen molar-refractivity contribution >= 4 is 17.3 Å². The number of nitrogens with one attached hydrogen (secondary N) is 1. The quantitative estimate of drug-likeness (QED) is 0.593. The van der Waals surface area contributed by atoms with Gasteiger partial charge in [-0.05, 0) is 55.3 Å². The Morgan fingerprint density at radius 1 is 1.14 bits per heavy atom. The van der Waals surface area contributed by atoms with Gasteiger partial charge in [0.2, 0.25) is 11.8 Å². The van der Waals surface area contributed by atoms with Crippen LogP contribution in [0.4, 0.5) is 24.5 Å². The first-order valence-corrected chi connectivity index (χ1v) is 8.85. The minimum atomic E-state index is -4.41. The lowest BCUT2D eigenvalue weighted by atomic mass is 10.1. The molecule has 1 fully saturated rings. The van der Waals surface area contributed by atoms with E-state index in [4.69, 9.17) is 9.15 Å². The molecule has 6 nitrogen and oxygen atoms in total. The molecule has 1 aliphatic carbocycles. The molecule has 0 radical (unpaired) electrons. The van der Waals surface area contributed by atoms with Crippen LogP contribution < -0.4 is 5.32 Å². The standard InChI is InChI=1S/C20H16F3N3O3/c1-28-19(27)12-4-9-16(24-14-7-5-13(6-8-14)20(21,22)23)15(10-12)18-26-25-17(29-18)11-2-3-11/h4-11,24H,2-3H2,1H3. The normalized spacial score (nSPS) is 13.9. The highest BCUT2D eigenvalue weighted by Crippen LogP contribution is 2.41. The highest BCUT2D eigenvalue weighted by molar-refractivity contribution is 5.93. The zero-order valence-corrected chi connectivity index (χ0v) is 15.3. The molecule has 0 unspecified atom stereocenters. The van der Waals surface area contributed by atoms with Crippen LogP contribution >= 0.6 is 0 Å². The summed E-state index contributed by atoms with van der Waals surface area (Å²) in [6.45, 7) is 0. The smallest absolute Gasteiger partial charge is 0.416 e. The Labute approximate surface area is 163 Å². The highest BCUT2D eigenvalue weighted by atomic mass is 19.4. The lowest BCUT2D eigenvalue weighted by molar-refractivity contribution is -0.137. The van der Waals surface area contributed by atoms with Gasteiger partial charge in [-0.3, -0.25) is 0 Å². The van der Waals surface area contributed by atoms with Gasteiger partial charge in [0.25, 0.3) is 0 Å². The Bertz CT molecular complexity index is 1040. The summed E-state index contributed by atoms with van der Waals surface area (Å²) in [5, 5.41) is 11.2. The second-order valence-corrected chi connectivity index (χ2v) is 6.67. The zero-order valence-electron chi connectivity index (χ0n) is 15.3. The van der Waals surface area contributed by atoms with Gasteiger partial charge < -0.3 is 14.5 Å². The summed E-state index contributed by atoms with van der Waals surface area (Å²) in [6.07, 6.45) is -2.43. The fraction of sp³-hybridized carbons (Fsp3) is 0.250. The van der Waals surface area contributed by atoms with Gasteiger partial charge in [0.15, 0.2) is 0 Å². The van der Waals surface area contributed by atoms with E-state index in [0.717, 1.165) is 25.0 Å². The Morgan fingerprint density at radius 3 is 2.48 bits per heavy atom. The van der Waals surface area contributed by atoms with Crippen LogP contribution in [0.1, 0.15) is 40.6 Å². The number of carbonyl (C=O) groups excluding carboxylic acids is 1. The summed E-state index contributed by atoms with van der Waals surface area (Å²) in [5.74, 6) is 0.469. The molecule has 0 atom stereocenters. The number of carbonyl (C=O) groups is 1. The molecular formula is C20H16F3N3O3. The van der Waals surface area contributed by atoms with Crippen LogP contribution in [0.15, 0.2) is 46.9 Å². The molecule has 1 N–H and O–H groups in total. The number of nitrogens with zero attached hydrogens (tertiary/aromatic N) is 2. The van der Waals surface area contributed by atoms with E-state index in [1.165, 1.54) is 19.2 Å². The van der Waals surface area contributed by atoms with Gasteiger partial charge in [0, 0.05) is 11.6 Å². The molecular weight excluding hydrogens is 387 g/mol. The molecule has 0 saturated heterocycles. The van der Waals surface area contributed by atoms with Gasteiger partial charge in [-0.15, -0.1) is 10.2 Å². The summed E-state index contributed by atoms with van der Waals surface area (Å²) in [6, 6.07) is 9.32. The van der Waals surface area contributed by atoms with E-state index >= 15 is 0 Å². The van der Waals surface area contributed by atoms with Gasteiger partial charge in [0.1, 0.15) is 0 Å². The predicted molar refractivity (Wildman–Crippen MR) is 97.8 cm³/mol. The number of benzene rings is 2. The third kappa shape index (κ3) is 4.08. The van der Waals surface area contributed by atoms with E-state index < -0.39 is 17.7 Å². The van der Waals surface area contributed by atoms with Crippen molar-refractivity contribution in [3.05, 3.63) is 59.5 Å². The van der Waals surface area contributed by atoms with Gasteiger partial charge in [-0.1, -0.05) is 0 Å². The van der Waals surface area contributed by atoms with Crippen molar-refractivity contribution in [3.63, 3.8) is 0 Å². The zero-order chi connectivity index (χ0) is 20.6. The number of alkyl halides is 3. The number of ether oxygens (including phenoxy) is 1. The van der Waals surface area contributed by atoms with Crippen molar-refractivity contribution in [3.8, 4) is 11.5 Å². The topological polar surface area (TPSA) is 77.2 Å². The number of methoxy groups -OCH3 is 1. The number of rotatable bonds is 5. The van der Waals surface area contributed by atoms with Crippen LogP contribution in [0.25, 0.3) is 11.5 Å². The fourth-order valence-electron chi connectivity index (χ4n) is 2.81. The maximum absolute atomic E-state index is 12.8. The number of aromatic nitrogens is 2. The molecule has 150 valence electrons. The maximum Gasteiger partial charge on any atom is 0.416 e. The first-order valence-electron chi connectivity index (χ1n) is 8.85. The number of esters is 1. The summed E-state index contributed by atoms with van der Waals surface area (Å²) in [7, 11) is 1.27. The first kappa shape index (κ1) is 19.0. The van der Waals surface area contributed by atoms with Crippen molar-refractivity contribution in [1.29, 1.82) is 0 Å². The molecule has 4 rings (SSSR count). The highest BCUT2D eigenvalue weighted by Gasteiger charge is 2.31. The van der Waals surface area contributed by atoms with Crippen LogP contribution in [-0.4, -0.2) is 23.3 Å². The predicted octanol–water partition coefficient (Wildman–Crippen LogP) is 5.16. The van der Waals surface area contributed by atoms with Crippen molar-refractivity contribution < 1.29 is 27.1 Å². The van der Waals surface area contributed by atoms with Crippen molar-refractivity contribution in [1.82, 2.24) is 10.2 Å². The molecule has 0 aliphatic heterocycles. The van der Waals surface area contributed by atoms with Crippen LogP contribution in [0, 0.1) is 0 Å². The Hall–Kier alpha value is -3.36. The van der Waals surface area contributed by atoms with Crippen LogP contribution in [0.3, 0.4) is 0 Å². The molecule has 0 spiro atoms. The van der Waals surface area contributed by atoms with Crippen LogP contribution in [0.5, 0.6) is 0 Å². The summed E-state index contributed by atoms with van der Waals surface area (Å²) in [5.41, 5.74) is 0.935. The molecule has 1 heterocycles. The molecule has 0 bridgehead atoms. The SMILES string of the molecule is COC(=O)c1ccc(Nc2ccc(C(F)(F)F)cc2)c(-c2nnc(C3CC3)o2)c1. The Morgan fingerprint density at radius 2 is 1.86 bits per heavy atom. The minimum Gasteiger partial charge on any atom is -0.465 e. The molecule has 0 amide bonds. The van der Waals surface area contributed by atoms with E-state index in [1.807, 2.05) is 0 Å². The van der Waals surface area contributed by atoms with Gasteiger partial charge in [-0.25, -0.2) is 4.79 Å². The second kappa shape index (κ2) is 7.23. The van der Waals surface area contributed by atoms with E-state index in [-0.39, 0.29) is 17.4 Å². The lowest BCUT2D eigenvalue weighted by Gasteiger charge is -2.12. The van der Waals surface area contributed by atoms with Crippen LogP contribution in [0.2, 0.25) is 0 Å². The lowest BCUT2D eigenvalue weighted by Crippen LogP contribution is -2.05. The third-order valence-corrected chi connectivity index (χ3v) is 4.53. The maximum atomic E-state index is 12.8. The molecule has 1 saturated carbocycles. The first-order chi connectivity index (χ1) is 13.8. The second-order valence-electron chi connectivity index (χ2n) is 6.67. The third-order valence-electron chi connectivity index (χ3n) is 4.53. The molecule has 9 heteroatoms. The minimum absolute atomic E-state index is 0.215. The van der Waals surface area contributed by atoms with Gasteiger partial charge >= 0.3 is 12.1 Å². The number of hydrogen-bond acceptors (Lipinski definition) is 6. The van der Waals surface area contributed by atoms with Crippen molar-refractivity contribution in [2.75, 3.05) is 12.4 Å². The molecule has 1 aliphatic rings. The van der Waals surface area contributed by atoms with E-state index in [0.29, 0.717) is 22.8 Å². The number of anilines is 2. The van der Waals surface area contributed by atoms with Crippen molar-refractivity contribution in [2.24, 2.45) is 0 Å². The Kier molecular flexibility index (Phi) is 4.73. The molecule has 29 heavy (non-hydrogen) atoms. The molecule has 3 aromatic rings. The van der Waals surface area contributed by atoms with Crippen molar-refractivity contribution in [2.45, 2.75) is 24.9 Å². The van der Waals surface area contributed by atoms with Gasteiger partial charge in [-0.2, -0.15) is 13.2 Å². The summed E-state index contributed by atoms with van der Waals surface area (Å²) >= 11 is 0. The van der Waals surface area contributed by atoms with E-state index in [1.54, 1.807) is 18.2 Å². The summed E-state index contributed by atoms with van der Waals surface area (Å²) < 4.78 is 48.8. The van der Waals surface area contributed by atoms with E-state index in [9.17, 15) is 18.0 Å². The summed E-state index contributed by atoms with van der Waals surface area (Å²) in [4.78, 5) is 11.9. The number of halogens is 3. The fourth-order valence-corrected chi connectivity index (χ4v) is 2.81.